The fourth-order valence-corrected chi connectivity index (χ4v) is 1.24. The van der Waals surface area contributed by atoms with Gasteiger partial charge in [-0.25, -0.2) is 13.2 Å². The van der Waals surface area contributed by atoms with Gasteiger partial charge in [-0.3, -0.25) is 0 Å². The van der Waals surface area contributed by atoms with Crippen molar-refractivity contribution in [3.05, 3.63) is 47.3 Å². The molecule has 0 bridgehead atoms. The van der Waals surface area contributed by atoms with Crippen LogP contribution in [-0.4, -0.2) is 5.11 Å². The van der Waals surface area contributed by atoms with Crippen molar-refractivity contribution in [3.63, 3.8) is 0 Å². The summed E-state index contributed by atoms with van der Waals surface area (Å²) in [6.45, 7) is 5.19. The zero-order valence-electron chi connectivity index (χ0n) is 8.23. The Morgan fingerprint density at radius 1 is 1.33 bits per heavy atom. The van der Waals surface area contributed by atoms with E-state index in [-0.39, 0.29) is 12.0 Å². The molecular weight excluding hydrogens is 205 g/mol. The highest BCUT2D eigenvalue weighted by Crippen LogP contribution is 2.25. The van der Waals surface area contributed by atoms with Crippen LogP contribution in [0.3, 0.4) is 0 Å². The zero-order chi connectivity index (χ0) is 11.6. The van der Waals surface area contributed by atoms with Gasteiger partial charge >= 0.3 is 0 Å². The molecule has 15 heavy (non-hydrogen) atoms. The first-order chi connectivity index (χ1) is 6.93. The smallest absolute Gasteiger partial charge is 0.194 e. The lowest BCUT2D eigenvalue weighted by atomic mass is 10.0. The minimum atomic E-state index is -1.56. The van der Waals surface area contributed by atoms with Crippen molar-refractivity contribution in [2.45, 2.75) is 19.4 Å². The van der Waals surface area contributed by atoms with E-state index in [1.165, 1.54) is 0 Å². The monoisotopic (exact) mass is 216 g/mol. The van der Waals surface area contributed by atoms with Gasteiger partial charge in [-0.2, -0.15) is 0 Å². The molecule has 1 unspecified atom stereocenters. The third-order valence-corrected chi connectivity index (χ3v) is 1.97. The zero-order valence-corrected chi connectivity index (χ0v) is 8.23. The molecule has 0 aromatic heterocycles. The largest absolute Gasteiger partial charge is 0.388 e. The number of hydrogen-bond donors (Lipinski definition) is 1. The van der Waals surface area contributed by atoms with Crippen LogP contribution in [0.2, 0.25) is 0 Å². The summed E-state index contributed by atoms with van der Waals surface area (Å²) in [5.74, 6) is -4.17. The van der Waals surface area contributed by atoms with E-state index in [0.717, 1.165) is 12.1 Å². The highest BCUT2D eigenvalue weighted by Gasteiger charge is 2.18. The minimum absolute atomic E-state index is 0.113. The Bertz CT molecular complexity index is 388. The van der Waals surface area contributed by atoms with E-state index in [9.17, 15) is 18.3 Å². The number of rotatable bonds is 3. The highest BCUT2D eigenvalue weighted by atomic mass is 19.2. The maximum absolute atomic E-state index is 13.2. The van der Waals surface area contributed by atoms with Gasteiger partial charge in [0.05, 0.1) is 6.10 Å². The standard InChI is InChI=1S/C11H11F3O/c1-6(2)5-9(15)7-3-4-8(12)11(14)10(7)13/h3-4,9,15H,1,5H2,2H3. The summed E-state index contributed by atoms with van der Waals surface area (Å²) in [5.41, 5.74) is 0.378. The molecule has 0 fully saturated rings. The molecular formula is C11H11F3O. The lowest BCUT2D eigenvalue weighted by molar-refractivity contribution is 0.172. The van der Waals surface area contributed by atoms with Gasteiger partial charge in [-0.05, 0) is 19.4 Å². The van der Waals surface area contributed by atoms with Crippen LogP contribution in [0.5, 0.6) is 0 Å². The third-order valence-electron chi connectivity index (χ3n) is 1.97. The fraction of sp³-hybridized carbons (Fsp3) is 0.273. The summed E-state index contributed by atoms with van der Waals surface area (Å²) in [5, 5.41) is 9.50. The van der Waals surface area contributed by atoms with E-state index < -0.39 is 23.6 Å². The predicted molar refractivity (Wildman–Crippen MR) is 50.7 cm³/mol. The summed E-state index contributed by atoms with van der Waals surface area (Å²) in [7, 11) is 0. The maximum Gasteiger partial charge on any atom is 0.194 e. The van der Waals surface area contributed by atoms with Crippen LogP contribution in [-0.2, 0) is 0 Å². The van der Waals surface area contributed by atoms with Gasteiger partial charge in [-0.15, -0.1) is 6.58 Å². The molecule has 0 amide bonds. The van der Waals surface area contributed by atoms with Crippen molar-refractivity contribution >= 4 is 0 Å². The quantitative estimate of drug-likeness (QED) is 0.608. The van der Waals surface area contributed by atoms with Gasteiger partial charge in [0.2, 0.25) is 0 Å². The number of aliphatic hydroxyl groups excluding tert-OH is 1. The van der Waals surface area contributed by atoms with Gasteiger partial charge < -0.3 is 5.11 Å². The van der Waals surface area contributed by atoms with E-state index in [1.54, 1.807) is 6.92 Å². The Hall–Kier alpha value is -1.29. The number of aliphatic hydroxyl groups is 1. The number of hydrogen-bond acceptors (Lipinski definition) is 1. The van der Waals surface area contributed by atoms with Gasteiger partial charge in [0.25, 0.3) is 0 Å². The van der Waals surface area contributed by atoms with Gasteiger partial charge in [-0.1, -0.05) is 11.6 Å². The Morgan fingerprint density at radius 2 is 1.93 bits per heavy atom. The average Bonchev–Trinajstić information content (AvgIpc) is 2.13. The topological polar surface area (TPSA) is 20.2 Å². The van der Waals surface area contributed by atoms with Crippen molar-refractivity contribution < 1.29 is 18.3 Å². The van der Waals surface area contributed by atoms with Crippen LogP contribution in [0.1, 0.15) is 25.0 Å². The van der Waals surface area contributed by atoms with Gasteiger partial charge in [0, 0.05) is 5.56 Å². The van der Waals surface area contributed by atoms with Crippen LogP contribution in [0.25, 0.3) is 0 Å². The van der Waals surface area contributed by atoms with Crippen LogP contribution < -0.4 is 0 Å². The first-order valence-electron chi connectivity index (χ1n) is 4.39. The second kappa shape index (κ2) is 4.49. The normalized spacial score (nSPS) is 12.6. The van der Waals surface area contributed by atoms with Crippen molar-refractivity contribution in [3.8, 4) is 0 Å². The molecule has 0 saturated carbocycles. The number of halogens is 3. The molecule has 0 aliphatic rings. The summed E-state index contributed by atoms with van der Waals surface area (Å²) in [4.78, 5) is 0. The van der Waals surface area contributed by atoms with Crippen LogP contribution >= 0.6 is 0 Å². The molecule has 0 heterocycles. The molecule has 1 aromatic rings. The van der Waals surface area contributed by atoms with E-state index >= 15 is 0 Å². The molecule has 1 atom stereocenters. The predicted octanol–water partition coefficient (Wildman–Crippen LogP) is 3.10. The molecule has 0 saturated heterocycles. The second-order valence-corrected chi connectivity index (χ2v) is 3.44. The lowest BCUT2D eigenvalue weighted by Crippen LogP contribution is -2.04. The molecule has 1 nitrogen and oxygen atoms in total. The molecule has 0 radical (unpaired) electrons. The van der Waals surface area contributed by atoms with E-state index in [4.69, 9.17) is 0 Å². The molecule has 1 rings (SSSR count). The average molecular weight is 216 g/mol. The summed E-state index contributed by atoms with van der Waals surface area (Å²) in [6.07, 6.45) is -1.08. The Morgan fingerprint density at radius 3 is 2.47 bits per heavy atom. The van der Waals surface area contributed by atoms with Crippen molar-refractivity contribution in [1.82, 2.24) is 0 Å². The molecule has 0 aliphatic heterocycles. The molecule has 82 valence electrons. The van der Waals surface area contributed by atoms with Crippen LogP contribution in [0.15, 0.2) is 24.3 Å². The Labute approximate surface area is 85.9 Å². The van der Waals surface area contributed by atoms with Crippen LogP contribution in [0.4, 0.5) is 13.2 Å². The SMILES string of the molecule is C=C(C)CC(O)c1ccc(F)c(F)c1F. The van der Waals surface area contributed by atoms with E-state index in [0.29, 0.717) is 5.57 Å². The molecule has 1 aromatic carbocycles. The van der Waals surface area contributed by atoms with Gasteiger partial charge in [0.15, 0.2) is 17.5 Å². The lowest BCUT2D eigenvalue weighted by Gasteiger charge is -2.12. The van der Waals surface area contributed by atoms with Crippen molar-refractivity contribution in [2.24, 2.45) is 0 Å². The first kappa shape index (κ1) is 11.8. The van der Waals surface area contributed by atoms with Crippen molar-refractivity contribution in [2.75, 3.05) is 0 Å². The van der Waals surface area contributed by atoms with E-state index in [2.05, 4.69) is 6.58 Å². The summed E-state index contributed by atoms with van der Waals surface area (Å²) >= 11 is 0. The van der Waals surface area contributed by atoms with Crippen LogP contribution in [0, 0.1) is 17.5 Å². The fourth-order valence-electron chi connectivity index (χ4n) is 1.24. The first-order valence-corrected chi connectivity index (χ1v) is 4.39. The van der Waals surface area contributed by atoms with Gasteiger partial charge in [0.1, 0.15) is 0 Å². The Kier molecular flexibility index (Phi) is 3.52. The van der Waals surface area contributed by atoms with E-state index in [1.807, 2.05) is 0 Å². The maximum atomic E-state index is 13.2. The highest BCUT2D eigenvalue weighted by molar-refractivity contribution is 5.23. The third kappa shape index (κ3) is 2.59. The summed E-state index contributed by atoms with van der Waals surface area (Å²) < 4.78 is 38.5. The van der Waals surface area contributed by atoms with Crippen molar-refractivity contribution in [1.29, 1.82) is 0 Å². The molecule has 0 spiro atoms. The summed E-state index contributed by atoms with van der Waals surface area (Å²) in [6, 6.07) is 1.82. The Balaban J connectivity index is 3.05. The second-order valence-electron chi connectivity index (χ2n) is 3.44. The molecule has 0 aliphatic carbocycles. The molecule has 1 N–H and O–H groups in total. The minimum Gasteiger partial charge on any atom is -0.388 e. The molecule has 4 heteroatoms. The number of benzene rings is 1.